The summed E-state index contributed by atoms with van der Waals surface area (Å²) in [7, 11) is 1.58. The molecule has 0 heterocycles. The summed E-state index contributed by atoms with van der Waals surface area (Å²) >= 11 is 0. The summed E-state index contributed by atoms with van der Waals surface area (Å²) in [6.45, 7) is 4.19. The lowest BCUT2D eigenvalue weighted by atomic mass is 10.2. The summed E-state index contributed by atoms with van der Waals surface area (Å²) in [6.07, 6.45) is 0.901. The van der Waals surface area contributed by atoms with Crippen molar-refractivity contribution in [3.8, 4) is 11.5 Å². The summed E-state index contributed by atoms with van der Waals surface area (Å²) in [4.78, 5) is 26.1. The van der Waals surface area contributed by atoms with Crippen LogP contribution in [0.1, 0.15) is 19.4 Å². The second-order valence-corrected chi connectivity index (χ2v) is 5.97. The molecule has 27 heavy (non-hydrogen) atoms. The third-order valence-corrected chi connectivity index (χ3v) is 4.11. The van der Waals surface area contributed by atoms with Crippen LogP contribution in [-0.2, 0) is 16.0 Å². The fraction of sp³-hybridized carbons (Fsp3) is 0.333. The molecule has 0 aliphatic carbocycles. The van der Waals surface area contributed by atoms with E-state index in [4.69, 9.17) is 9.47 Å². The second kappa shape index (κ2) is 10.2. The number of rotatable bonds is 9. The Kier molecular flexibility index (Phi) is 7.67. The van der Waals surface area contributed by atoms with Crippen LogP contribution in [-0.4, -0.2) is 43.5 Å². The van der Waals surface area contributed by atoms with Crippen LogP contribution in [0.15, 0.2) is 48.5 Å². The fourth-order valence-electron chi connectivity index (χ4n) is 2.52. The zero-order valence-electron chi connectivity index (χ0n) is 16.0. The molecule has 0 spiro atoms. The quantitative estimate of drug-likeness (QED) is 0.736. The largest absolute Gasteiger partial charge is 0.497 e. The van der Waals surface area contributed by atoms with Gasteiger partial charge in [-0.05, 0) is 55.3 Å². The lowest BCUT2D eigenvalue weighted by Crippen LogP contribution is -2.40. The summed E-state index contributed by atoms with van der Waals surface area (Å²) in [5.74, 6) is 0.872. The van der Waals surface area contributed by atoms with Gasteiger partial charge in [-0.1, -0.05) is 19.1 Å². The van der Waals surface area contributed by atoms with Gasteiger partial charge in [-0.3, -0.25) is 9.59 Å². The average molecular weight is 370 g/mol. The normalized spacial score (nSPS) is 10.2. The van der Waals surface area contributed by atoms with Gasteiger partial charge in [0.05, 0.1) is 13.7 Å². The number of ether oxygens (including phenoxy) is 2. The molecule has 0 unspecified atom stereocenters. The number of methoxy groups -OCH3 is 1. The summed E-state index contributed by atoms with van der Waals surface area (Å²) in [5.41, 5.74) is 1.79. The van der Waals surface area contributed by atoms with Crippen molar-refractivity contribution in [2.45, 2.75) is 20.3 Å². The Balaban J connectivity index is 1.86. The standard InChI is InChI=1S/C21H26N2O4/c1-4-16-7-6-8-19(13-16)27-15-21(25)23(5-2)14-20(24)22-17-9-11-18(26-3)12-10-17/h6-13H,4-5,14-15H2,1-3H3,(H,22,24). The van der Waals surface area contributed by atoms with E-state index in [0.29, 0.717) is 23.7 Å². The van der Waals surface area contributed by atoms with Gasteiger partial charge in [0.2, 0.25) is 5.91 Å². The molecule has 0 aliphatic heterocycles. The highest BCUT2D eigenvalue weighted by molar-refractivity contribution is 5.94. The molecule has 2 rings (SSSR count). The van der Waals surface area contributed by atoms with Crippen molar-refractivity contribution < 1.29 is 19.1 Å². The molecule has 6 heteroatoms. The Morgan fingerprint density at radius 3 is 2.41 bits per heavy atom. The molecule has 0 fully saturated rings. The smallest absolute Gasteiger partial charge is 0.260 e. The van der Waals surface area contributed by atoms with Gasteiger partial charge >= 0.3 is 0 Å². The molecule has 0 aromatic heterocycles. The first-order valence-electron chi connectivity index (χ1n) is 8.99. The summed E-state index contributed by atoms with van der Waals surface area (Å²) in [6, 6.07) is 14.7. The van der Waals surface area contributed by atoms with E-state index in [0.717, 1.165) is 12.0 Å². The zero-order chi connectivity index (χ0) is 19.6. The van der Waals surface area contributed by atoms with Gasteiger partial charge in [-0.2, -0.15) is 0 Å². The van der Waals surface area contributed by atoms with Gasteiger partial charge in [0.15, 0.2) is 6.61 Å². The maximum Gasteiger partial charge on any atom is 0.260 e. The maximum absolute atomic E-state index is 12.4. The first-order valence-corrected chi connectivity index (χ1v) is 8.99. The second-order valence-electron chi connectivity index (χ2n) is 5.97. The van der Waals surface area contributed by atoms with E-state index in [1.54, 1.807) is 31.4 Å². The molecule has 2 aromatic carbocycles. The molecule has 0 saturated heterocycles. The van der Waals surface area contributed by atoms with E-state index in [1.807, 2.05) is 31.2 Å². The van der Waals surface area contributed by atoms with Crippen molar-refractivity contribution in [1.29, 1.82) is 0 Å². The number of hydrogen-bond acceptors (Lipinski definition) is 4. The molecule has 0 atom stereocenters. The number of hydrogen-bond donors (Lipinski definition) is 1. The molecular weight excluding hydrogens is 344 g/mol. The van der Waals surface area contributed by atoms with E-state index >= 15 is 0 Å². The first kappa shape index (κ1) is 20.3. The van der Waals surface area contributed by atoms with Crippen LogP contribution < -0.4 is 14.8 Å². The summed E-state index contributed by atoms with van der Waals surface area (Å²) < 4.78 is 10.7. The molecule has 144 valence electrons. The Labute approximate surface area is 160 Å². The van der Waals surface area contributed by atoms with Gasteiger partial charge in [0.25, 0.3) is 5.91 Å². The third kappa shape index (κ3) is 6.33. The van der Waals surface area contributed by atoms with E-state index in [9.17, 15) is 9.59 Å². The molecular formula is C21H26N2O4. The molecule has 6 nitrogen and oxygen atoms in total. The number of anilines is 1. The van der Waals surface area contributed by atoms with Gasteiger partial charge in [0, 0.05) is 12.2 Å². The van der Waals surface area contributed by atoms with E-state index in [1.165, 1.54) is 4.90 Å². The van der Waals surface area contributed by atoms with Crippen LogP contribution in [0, 0.1) is 0 Å². The van der Waals surface area contributed by atoms with Gasteiger partial charge < -0.3 is 19.7 Å². The Bertz CT molecular complexity index is 759. The summed E-state index contributed by atoms with van der Waals surface area (Å²) in [5, 5.41) is 2.77. The van der Waals surface area contributed by atoms with Crippen molar-refractivity contribution in [3.05, 3.63) is 54.1 Å². The average Bonchev–Trinajstić information content (AvgIpc) is 2.71. The minimum Gasteiger partial charge on any atom is -0.497 e. The van der Waals surface area contributed by atoms with Crippen molar-refractivity contribution in [3.63, 3.8) is 0 Å². The predicted octanol–water partition coefficient (Wildman–Crippen LogP) is 3.12. The molecule has 0 aliphatic rings. The van der Waals surface area contributed by atoms with E-state index < -0.39 is 0 Å². The number of carbonyl (C=O) groups is 2. The SMILES string of the molecule is CCc1cccc(OCC(=O)N(CC)CC(=O)Nc2ccc(OC)cc2)c1. The molecule has 0 saturated carbocycles. The van der Waals surface area contributed by atoms with Crippen molar-refractivity contribution in [2.24, 2.45) is 0 Å². The number of amides is 2. The minimum absolute atomic E-state index is 0.0281. The molecule has 1 N–H and O–H groups in total. The van der Waals surface area contributed by atoms with Crippen LogP contribution in [0.5, 0.6) is 11.5 Å². The van der Waals surface area contributed by atoms with Crippen LogP contribution in [0.4, 0.5) is 5.69 Å². The fourth-order valence-corrected chi connectivity index (χ4v) is 2.52. The van der Waals surface area contributed by atoms with Crippen LogP contribution in [0.2, 0.25) is 0 Å². The lowest BCUT2D eigenvalue weighted by molar-refractivity contribution is -0.136. The topological polar surface area (TPSA) is 67.9 Å². The molecule has 2 amide bonds. The van der Waals surface area contributed by atoms with Crippen LogP contribution >= 0.6 is 0 Å². The molecule has 0 radical (unpaired) electrons. The van der Waals surface area contributed by atoms with Crippen LogP contribution in [0.3, 0.4) is 0 Å². The highest BCUT2D eigenvalue weighted by Crippen LogP contribution is 2.15. The lowest BCUT2D eigenvalue weighted by Gasteiger charge is -2.20. The van der Waals surface area contributed by atoms with Crippen LogP contribution in [0.25, 0.3) is 0 Å². The number of benzene rings is 2. The number of carbonyl (C=O) groups excluding carboxylic acids is 2. The number of likely N-dealkylation sites (N-methyl/N-ethyl adjacent to an activating group) is 1. The maximum atomic E-state index is 12.4. The van der Waals surface area contributed by atoms with Crippen molar-refractivity contribution in [1.82, 2.24) is 4.90 Å². The van der Waals surface area contributed by atoms with E-state index in [2.05, 4.69) is 12.2 Å². The minimum atomic E-state index is -0.261. The molecule has 0 bridgehead atoms. The van der Waals surface area contributed by atoms with Gasteiger partial charge in [-0.15, -0.1) is 0 Å². The van der Waals surface area contributed by atoms with E-state index in [-0.39, 0.29) is 25.0 Å². The number of nitrogens with zero attached hydrogens (tertiary/aromatic N) is 1. The number of nitrogens with one attached hydrogen (secondary N) is 1. The van der Waals surface area contributed by atoms with Gasteiger partial charge in [-0.25, -0.2) is 0 Å². The van der Waals surface area contributed by atoms with Crippen molar-refractivity contribution >= 4 is 17.5 Å². The first-order chi connectivity index (χ1) is 13.0. The van der Waals surface area contributed by atoms with Crippen molar-refractivity contribution in [2.75, 3.05) is 32.1 Å². The predicted molar refractivity (Wildman–Crippen MR) is 105 cm³/mol. The highest BCUT2D eigenvalue weighted by atomic mass is 16.5. The third-order valence-electron chi connectivity index (χ3n) is 4.11. The van der Waals surface area contributed by atoms with Gasteiger partial charge in [0.1, 0.15) is 11.5 Å². The monoisotopic (exact) mass is 370 g/mol. The Morgan fingerprint density at radius 1 is 1.04 bits per heavy atom. The zero-order valence-corrected chi connectivity index (χ0v) is 16.0. The Morgan fingerprint density at radius 2 is 1.78 bits per heavy atom. The molecule has 2 aromatic rings. The highest BCUT2D eigenvalue weighted by Gasteiger charge is 2.16. The number of aryl methyl sites for hydroxylation is 1. The Hall–Kier alpha value is -3.02.